The Morgan fingerprint density at radius 1 is 1.42 bits per heavy atom. The molecule has 6 heteroatoms. The number of hydrogen-bond donors (Lipinski definition) is 2. The van der Waals surface area contributed by atoms with E-state index in [2.05, 4.69) is 10.0 Å². The molecule has 1 aromatic rings. The zero-order valence-electron chi connectivity index (χ0n) is 11.3. The molecule has 1 aromatic heterocycles. The molecule has 1 fully saturated rings. The topological polar surface area (TPSA) is 58.2 Å². The van der Waals surface area contributed by atoms with Gasteiger partial charge in [-0.25, -0.2) is 13.1 Å². The first-order valence-corrected chi connectivity index (χ1v) is 9.28. The second-order valence-corrected chi connectivity index (χ2v) is 8.39. The molecule has 0 aromatic carbocycles. The summed E-state index contributed by atoms with van der Waals surface area (Å²) in [6.45, 7) is 3.46. The van der Waals surface area contributed by atoms with E-state index in [-0.39, 0.29) is 5.75 Å². The van der Waals surface area contributed by atoms with Crippen molar-refractivity contribution in [1.82, 2.24) is 10.0 Å². The zero-order chi connectivity index (χ0) is 13.7. The van der Waals surface area contributed by atoms with Gasteiger partial charge in [-0.3, -0.25) is 0 Å². The van der Waals surface area contributed by atoms with Gasteiger partial charge in [0.25, 0.3) is 0 Å². The van der Waals surface area contributed by atoms with Gasteiger partial charge in [0.2, 0.25) is 10.0 Å². The van der Waals surface area contributed by atoms with Crippen molar-refractivity contribution in [3.05, 3.63) is 21.9 Å². The molecule has 1 atom stereocenters. The lowest BCUT2D eigenvalue weighted by Gasteiger charge is -2.23. The smallest absolute Gasteiger partial charge is 0.211 e. The van der Waals surface area contributed by atoms with Crippen LogP contribution >= 0.6 is 11.3 Å². The summed E-state index contributed by atoms with van der Waals surface area (Å²) in [7, 11) is -3.15. The highest BCUT2D eigenvalue weighted by Gasteiger charge is 2.17. The third kappa shape index (κ3) is 5.22. The van der Waals surface area contributed by atoms with Gasteiger partial charge in [0.05, 0.1) is 5.75 Å². The molecule has 0 amide bonds. The van der Waals surface area contributed by atoms with Gasteiger partial charge in [0.15, 0.2) is 0 Å². The Bertz CT molecular complexity index is 490. The fraction of sp³-hybridized carbons (Fsp3) is 0.692. The quantitative estimate of drug-likeness (QED) is 0.845. The highest BCUT2D eigenvalue weighted by Crippen LogP contribution is 2.15. The molecule has 4 nitrogen and oxygen atoms in total. The first-order valence-electron chi connectivity index (χ1n) is 6.81. The van der Waals surface area contributed by atoms with E-state index < -0.39 is 10.0 Å². The maximum absolute atomic E-state index is 11.9. The van der Waals surface area contributed by atoms with Gasteiger partial charge < -0.3 is 5.32 Å². The minimum Gasteiger partial charge on any atom is -0.314 e. The first kappa shape index (κ1) is 15.0. The van der Waals surface area contributed by atoms with Crippen LogP contribution in [0.3, 0.4) is 0 Å². The van der Waals surface area contributed by atoms with Crippen LogP contribution in [0.1, 0.15) is 35.4 Å². The van der Waals surface area contributed by atoms with Crippen molar-refractivity contribution in [1.29, 1.82) is 0 Å². The monoisotopic (exact) mass is 302 g/mol. The van der Waals surface area contributed by atoms with Crippen LogP contribution in [0, 0.1) is 6.92 Å². The van der Waals surface area contributed by atoms with Gasteiger partial charge in [-0.05, 0) is 44.9 Å². The Hall–Kier alpha value is -0.430. The maximum Gasteiger partial charge on any atom is 0.211 e. The first-order chi connectivity index (χ1) is 9.05. The van der Waals surface area contributed by atoms with Gasteiger partial charge in [-0.2, -0.15) is 0 Å². The van der Waals surface area contributed by atoms with Crippen molar-refractivity contribution in [3.8, 4) is 0 Å². The van der Waals surface area contributed by atoms with Crippen LogP contribution in [0.2, 0.25) is 0 Å². The van der Waals surface area contributed by atoms with E-state index in [4.69, 9.17) is 0 Å². The molecule has 1 unspecified atom stereocenters. The van der Waals surface area contributed by atoms with Crippen molar-refractivity contribution in [3.63, 3.8) is 0 Å². The summed E-state index contributed by atoms with van der Waals surface area (Å²) in [4.78, 5) is 2.28. The van der Waals surface area contributed by atoms with Gasteiger partial charge in [-0.1, -0.05) is 6.42 Å². The summed E-state index contributed by atoms with van der Waals surface area (Å²) in [6.07, 6.45) is 4.22. The van der Waals surface area contributed by atoms with E-state index in [0.29, 0.717) is 19.0 Å². The zero-order valence-corrected chi connectivity index (χ0v) is 12.9. The Kier molecular flexibility index (Phi) is 5.38. The lowest BCUT2D eigenvalue weighted by molar-refractivity contribution is 0.392. The number of hydrogen-bond acceptors (Lipinski definition) is 4. The third-order valence-corrected chi connectivity index (χ3v) is 5.77. The predicted octanol–water partition coefficient (Wildman–Crippen LogP) is 2.01. The van der Waals surface area contributed by atoms with E-state index in [1.807, 2.05) is 19.1 Å². The Morgan fingerprint density at radius 3 is 2.89 bits per heavy atom. The Morgan fingerprint density at radius 2 is 2.26 bits per heavy atom. The van der Waals surface area contributed by atoms with Crippen LogP contribution < -0.4 is 10.0 Å². The van der Waals surface area contributed by atoms with Crippen molar-refractivity contribution >= 4 is 21.4 Å². The van der Waals surface area contributed by atoms with Crippen molar-refractivity contribution in [2.45, 2.75) is 45.2 Å². The molecular weight excluding hydrogens is 280 g/mol. The molecule has 0 spiro atoms. The number of rotatable bonds is 6. The van der Waals surface area contributed by atoms with Crippen LogP contribution in [-0.2, 0) is 16.6 Å². The van der Waals surface area contributed by atoms with Gasteiger partial charge in [-0.15, -0.1) is 11.3 Å². The van der Waals surface area contributed by atoms with Crippen LogP contribution in [-0.4, -0.2) is 26.8 Å². The molecule has 1 aliphatic rings. The molecule has 108 valence electrons. The Balaban J connectivity index is 1.75. The molecule has 0 bridgehead atoms. The molecule has 1 saturated heterocycles. The maximum atomic E-state index is 11.9. The lowest BCUT2D eigenvalue weighted by atomic mass is 10.0. The molecule has 1 aliphatic heterocycles. The molecule has 2 rings (SSSR count). The van der Waals surface area contributed by atoms with Gasteiger partial charge >= 0.3 is 0 Å². The Labute approximate surface area is 119 Å². The van der Waals surface area contributed by atoms with Gasteiger partial charge in [0.1, 0.15) is 0 Å². The molecule has 0 aliphatic carbocycles. The minimum absolute atomic E-state index is 0.217. The molecular formula is C13H22N2O2S2. The number of thiophene rings is 1. The highest BCUT2D eigenvalue weighted by molar-refractivity contribution is 7.89. The summed E-state index contributed by atoms with van der Waals surface area (Å²) in [5.74, 6) is 0.217. The summed E-state index contributed by atoms with van der Waals surface area (Å²) >= 11 is 1.64. The van der Waals surface area contributed by atoms with E-state index in [1.165, 1.54) is 17.7 Å². The molecule has 19 heavy (non-hydrogen) atoms. The number of aryl methyl sites for hydroxylation is 1. The fourth-order valence-corrected chi connectivity index (χ4v) is 4.34. The normalized spacial score (nSPS) is 20.6. The minimum atomic E-state index is -3.15. The van der Waals surface area contributed by atoms with Crippen molar-refractivity contribution in [2.24, 2.45) is 0 Å². The predicted molar refractivity (Wildman–Crippen MR) is 79.9 cm³/mol. The average Bonchev–Trinajstić information content (AvgIpc) is 2.82. The molecule has 2 heterocycles. The summed E-state index contributed by atoms with van der Waals surface area (Å²) in [5.41, 5.74) is 0. The standard InChI is InChI=1S/C13H22N2O2S2/c1-11-5-6-13(18-11)10-15-19(16,17)9-7-12-4-2-3-8-14-12/h5-6,12,14-15H,2-4,7-10H2,1H3. The van der Waals surface area contributed by atoms with Gasteiger partial charge in [0, 0.05) is 22.3 Å². The fourth-order valence-electron chi connectivity index (χ4n) is 2.30. The van der Waals surface area contributed by atoms with Crippen molar-refractivity contribution < 1.29 is 8.42 Å². The summed E-state index contributed by atoms with van der Waals surface area (Å²) in [6, 6.07) is 4.36. The molecule has 0 radical (unpaired) electrons. The summed E-state index contributed by atoms with van der Waals surface area (Å²) in [5, 5.41) is 3.38. The van der Waals surface area contributed by atoms with Crippen LogP contribution in [0.25, 0.3) is 0 Å². The van der Waals surface area contributed by atoms with Crippen LogP contribution in [0.5, 0.6) is 0 Å². The highest BCUT2D eigenvalue weighted by atomic mass is 32.2. The largest absolute Gasteiger partial charge is 0.314 e. The van der Waals surface area contributed by atoms with Crippen LogP contribution in [0.4, 0.5) is 0 Å². The van der Waals surface area contributed by atoms with E-state index in [1.54, 1.807) is 11.3 Å². The second-order valence-electron chi connectivity index (χ2n) is 5.09. The number of piperidine rings is 1. The molecule has 0 saturated carbocycles. The van der Waals surface area contributed by atoms with E-state index in [0.717, 1.165) is 17.8 Å². The van der Waals surface area contributed by atoms with E-state index in [9.17, 15) is 8.42 Å². The SMILES string of the molecule is Cc1ccc(CNS(=O)(=O)CCC2CCCCN2)s1. The number of sulfonamides is 1. The average molecular weight is 302 g/mol. The van der Waals surface area contributed by atoms with Crippen LogP contribution in [0.15, 0.2) is 12.1 Å². The van der Waals surface area contributed by atoms with E-state index >= 15 is 0 Å². The summed E-state index contributed by atoms with van der Waals surface area (Å²) < 4.78 is 26.5. The second kappa shape index (κ2) is 6.83. The number of nitrogens with one attached hydrogen (secondary N) is 2. The molecule has 2 N–H and O–H groups in total. The third-order valence-electron chi connectivity index (χ3n) is 3.41. The lowest BCUT2D eigenvalue weighted by Crippen LogP contribution is -2.37. The van der Waals surface area contributed by atoms with Crippen molar-refractivity contribution in [2.75, 3.05) is 12.3 Å².